The fourth-order valence-electron chi connectivity index (χ4n) is 4.28. The molecule has 1 amide bonds. The number of anilines is 1. The van der Waals surface area contributed by atoms with Crippen molar-refractivity contribution in [3.05, 3.63) is 80.1 Å². The van der Waals surface area contributed by atoms with Crippen molar-refractivity contribution >= 4 is 51.7 Å². The molecule has 1 aromatic carbocycles. The number of nitrogens with zero attached hydrogens (tertiary/aromatic N) is 5. The van der Waals surface area contributed by atoms with Crippen LogP contribution in [0.15, 0.2) is 52.3 Å². The second-order valence-corrected chi connectivity index (χ2v) is 10.8. The van der Waals surface area contributed by atoms with Gasteiger partial charge in [-0.1, -0.05) is 59.9 Å². The monoisotopic (exact) mass is 505 g/mol. The number of hydrogen-bond donors (Lipinski definition) is 0. The summed E-state index contributed by atoms with van der Waals surface area (Å²) >= 11 is 6.78. The quantitative estimate of drug-likeness (QED) is 0.398. The molecule has 180 valence electrons. The Balaban J connectivity index is 1.55. The van der Waals surface area contributed by atoms with Crippen LogP contribution in [0.3, 0.4) is 0 Å². The molecule has 2 fully saturated rings. The van der Waals surface area contributed by atoms with E-state index in [2.05, 4.69) is 16.8 Å². The molecular formula is C26H27N5O2S2. The Bertz CT molecular complexity index is 1410. The SMILES string of the molecule is Cc1ccc(CN2C(=O)C(=Cc3c(N4CCN(C)CC4)nc4ccc(C)cn4c3=O)SC2=S)cc1. The van der Waals surface area contributed by atoms with E-state index >= 15 is 0 Å². The van der Waals surface area contributed by atoms with Crippen molar-refractivity contribution in [3.63, 3.8) is 0 Å². The molecule has 2 saturated heterocycles. The highest BCUT2D eigenvalue weighted by Crippen LogP contribution is 2.34. The van der Waals surface area contributed by atoms with E-state index in [0.29, 0.717) is 32.8 Å². The van der Waals surface area contributed by atoms with Gasteiger partial charge in [0.15, 0.2) is 0 Å². The van der Waals surface area contributed by atoms with Gasteiger partial charge in [0.2, 0.25) is 0 Å². The third kappa shape index (κ3) is 4.76. The van der Waals surface area contributed by atoms with Gasteiger partial charge in [0.05, 0.1) is 17.0 Å². The first-order valence-corrected chi connectivity index (χ1v) is 12.8. The van der Waals surface area contributed by atoms with E-state index < -0.39 is 0 Å². The number of amides is 1. The van der Waals surface area contributed by atoms with Gasteiger partial charge in [0.1, 0.15) is 15.8 Å². The molecule has 0 saturated carbocycles. The molecule has 3 aromatic rings. The molecule has 35 heavy (non-hydrogen) atoms. The van der Waals surface area contributed by atoms with Gasteiger partial charge in [0.25, 0.3) is 11.5 Å². The van der Waals surface area contributed by atoms with Crippen LogP contribution in [0.5, 0.6) is 0 Å². The van der Waals surface area contributed by atoms with Crippen molar-refractivity contribution in [3.8, 4) is 0 Å². The van der Waals surface area contributed by atoms with Crippen molar-refractivity contribution in [1.29, 1.82) is 0 Å². The smallest absolute Gasteiger partial charge is 0.267 e. The van der Waals surface area contributed by atoms with E-state index in [4.69, 9.17) is 17.2 Å². The lowest BCUT2D eigenvalue weighted by Gasteiger charge is -2.34. The number of fused-ring (bicyclic) bond motifs is 1. The minimum atomic E-state index is -0.184. The highest BCUT2D eigenvalue weighted by atomic mass is 32.2. The Labute approximate surface area is 214 Å². The first-order chi connectivity index (χ1) is 16.8. The zero-order chi connectivity index (χ0) is 24.7. The van der Waals surface area contributed by atoms with Gasteiger partial charge in [-0.05, 0) is 44.2 Å². The minimum Gasteiger partial charge on any atom is -0.353 e. The summed E-state index contributed by atoms with van der Waals surface area (Å²) in [7, 11) is 2.09. The maximum Gasteiger partial charge on any atom is 0.267 e. The highest BCUT2D eigenvalue weighted by Gasteiger charge is 2.33. The van der Waals surface area contributed by atoms with Gasteiger partial charge in [0, 0.05) is 32.4 Å². The average Bonchev–Trinajstić information content (AvgIpc) is 3.10. The number of aryl methyl sites for hydroxylation is 2. The molecule has 2 aliphatic rings. The largest absolute Gasteiger partial charge is 0.353 e. The molecule has 4 heterocycles. The summed E-state index contributed by atoms with van der Waals surface area (Å²) in [5.74, 6) is 0.439. The van der Waals surface area contributed by atoms with Crippen LogP contribution >= 0.6 is 24.0 Å². The molecular weight excluding hydrogens is 478 g/mol. The summed E-state index contributed by atoms with van der Waals surface area (Å²) in [6.45, 7) is 7.67. The Kier molecular flexibility index (Phi) is 6.48. The van der Waals surface area contributed by atoms with E-state index in [-0.39, 0.29) is 11.5 Å². The lowest BCUT2D eigenvalue weighted by atomic mass is 10.1. The normalized spacial score (nSPS) is 18.3. The maximum atomic E-state index is 13.7. The van der Waals surface area contributed by atoms with Crippen molar-refractivity contribution < 1.29 is 4.79 Å². The lowest BCUT2D eigenvalue weighted by molar-refractivity contribution is -0.122. The van der Waals surface area contributed by atoms with E-state index in [1.54, 1.807) is 21.6 Å². The fraction of sp³-hybridized carbons (Fsp3) is 0.308. The van der Waals surface area contributed by atoms with Crippen LogP contribution in [0, 0.1) is 13.8 Å². The molecule has 5 rings (SSSR count). The standard InChI is InChI=1S/C26H27N5O2S2/c1-17-4-7-19(8-5-17)16-31-25(33)21(35-26(31)34)14-20-23(29-12-10-28(3)11-13-29)27-22-9-6-18(2)15-30(22)24(20)32/h4-9,14-15H,10-13,16H2,1-3H3. The van der Waals surface area contributed by atoms with Gasteiger partial charge in [-0.3, -0.25) is 18.9 Å². The number of aromatic nitrogens is 2. The van der Waals surface area contributed by atoms with Crippen molar-refractivity contribution in [1.82, 2.24) is 19.2 Å². The maximum absolute atomic E-state index is 13.7. The predicted molar refractivity (Wildman–Crippen MR) is 146 cm³/mol. The molecule has 0 aliphatic carbocycles. The number of thiocarbonyl (C=S) groups is 1. The molecule has 0 atom stereocenters. The van der Waals surface area contributed by atoms with Gasteiger partial charge in [-0.15, -0.1) is 0 Å². The molecule has 2 aliphatic heterocycles. The zero-order valence-corrected chi connectivity index (χ0v) is 21.7. The molecule has 2 aromatic heterocycles. The fourth-order valence-corrected chi connectivity index (χ4v) is 5.51. The summed E-state index contributed by atoms with van der Waals surface area (Å²) in [5, 5.41) is 0. The van der Waals surface area contributed by atoms with Crippen molar-refractivity contribution in [2.45, 2.75) is 20.4 Å². The molecule has 0 radical (unpaired) electrons. The topological polar surface area (TPSA) is 61.2 Å². The third-order valence-electron chi connectivity index (χ3n) is 6.40. The van der Waals surface area contributed by atoms with Crippen molar-refractivity contribution in [2.75, 3.05) is 38.1 Å². The number of likely N-dealkylation sites (N-methyl/N-ethyl adjacent to an activating group) is 1. The first-order valence-electron chi connectivity index (χ1n) is 11.6. The number of hydrogen-bond acceptors (Lipinski definition) is 7. The number of piperazine rings is 1. The van der Waals surface area contributed by atoms with Crippen LogP contribution in [0.1, 0.15) is 22.3 Å². The minimum absolute atomic E-state index is 0.182. The van der Waals surface area contributed by atoms with Crippen LogP contribution in [0.2, 0.25) is 0 Å². The lowest BCUT2D eigenvalue weighted by Crippen LogP contribution is -2.45. The predicted octanol–water partition coefficient (Wildman–Crippen LogP) is 3.46. The molecule has 0 bridgehead atoms. The summed E-state index contributed by atoms with van der Waals surface area (Å²) in [4.78, 5) is 38.3. The van der Waals surface area contributed by atoms with Gasteiger partial charge < -0.3 is 9.80 Å². The third-order valence-corrected chi connectivity index (χ3v) is 7.78. The van der Waals surface area contributed by atoms with Crippen LogP contribution < -0.4 is 10.5 Å². The number of carbonyl (C=O) groups excluding carboxylic acids is 1. The van der Waals surface area contributed by atoms with E-state index in [1.165, 1.54) is 11.8 Å². The van der Waals surface area contributed by atoms with Crippen LogP contribution in [-0.2, 0) is 11.3 Å². The molecule has 9 heteroatoms. The Morgan fingerprint density at radius 1 is 1.00 bits per heavy atom. The van der Waals surface area contributed by atoms with E-state index in [1.807, 2.05) is 50.2 Å². The summed E-state index contributed by atoms with van der Waals surface area (Å²) in [6, 6.07) is 11.9. The Hall–Kier alpha value is -3.01. The number of rotatable bonds is 4. The molecule has 0 N–H and O–H groups in total. The number of thioether (sulfide) groups is 1. The average molecular weight is 506 g/mol. The summed E-state index contributed by atoms with van der Waals surface area (Å²) in [5.41, 5.74) is 3.97. The molecule has 0 spiro atoms. The van der Waals surface area contributed by atoms with Gasteiger partial charge >= 0.3 is 0 Å². The number of benzene rings is 1. The second kappa shape index (κ2) is 9.56. The van der Waals surface area contributed by atoms with Crippen LogP contribution in [-0.4, -0.2) is 62.6 Å². The van der Waals surface area contributed by atoms with E-state index in [9.17, 15) is 9.59 Å². The highest BCUT2D eigenvalue weighted by molar-refractivity contribution is 8.26. The first kappa shape index (κ1) is 23.7. The van der Waals surface area contributed by atoms with Crippen LogP contribution in [0.4, 0.5) is 5.82 Å². The molecule has 7 nitrogen and oxygen atoms in total. The zero-order valence-electron chi connectivity index (χ0n) is 20.0. The number of pyridine rings is 1. The van der Waals surface area contributed by atoms with Gasteiger partial charge in [-0.25, -0.2) is 4.98 Å². The summed E-state index contributed by atoms with van der Waals surface area (Å²) < 4.78 is 2.06. The molecule has 0 unspecified atom stereocenters. The van der Waals surface area contributed by atoms with Gasteiger partial charge in [-0.2, -0.15) is 0 Å². The Morgan fingerprint density at radius 2 is 1.69 bits per heavy atom. The second-order valence-electron chi connectivity index (χ2n) is 9.13. The Morgan fingerprint density at radius 3 is 2.40 bits per heavy atom. The number of carbonyl (C=O) groups is 1. The van der Waals surface area contributed by atoms with Crippen molar-refractivity contribution in [2.24, 2.45) is 0 Å². The summed E-state index contributed by atoms with van der Waals surface area (Å²) in [6.07, 6.45) is 3.48. The van der Waals surface area contributed by atoms with Crippen LogP contribution in [0.25, 0.3) is 11.7 Å². The van der Waals surface area contributed by atoms with E-state index in [0.717, 1.165) is 42.9 Å².